The molecule has 0 aliphatic carbocycles. The topological polar surface area (TPSA) is 42.8 Å². The number of aromatic nitrogens is 1. The Kier molecular flexibility index (Phi) is 3.37. The maximum absolute atomic E-state index is 8.94. The van der Waals surface area contributed by atoms with Crippen molar-refractivity contribution in [1.29, 1.82) is 5.26 Å². The van der Waals surface area contributed by atoms with E-state index in [1.54, 1.807) is 0 Å². The van der Waals surface area contributed by atoms with Gasteiger partial charge in [0.15, 0.2) is 0 Å². The molecule has 0 saturated heterocycles. The second kappa shape index (κ2) is 4.77. The van der Waals surface area contributed by atoms with Crippen LogP contribution < -0.4 is 0 Å². The molecule has 0 atom stereocenters. The second-order valence-electron chi connectivity index (χ2n) is 4.15. The van der Waals surface area contributed by atoms with Gasteiger partial charge >= 0.3 is 0 Å². The number of hydrogen-bond donors (Lipinski definition) is 1. The highest BCUT2D eigenvalue weighted by atomic mass is 32.1. The average molecular weight is 233 g/mol. The zero-order valence-corrected chi connectivity index (χ0v) is 10.2. The largest absolute Gasteiger partial charge is 0.349 e. The van der Waals surface area contributed by atoms with Gasteiger partial charge in [0.25, 0.3) is 0 Å². The summed E-state index contributed by atoms with van der Waals surface area (Å²) in [6.45, 7) is 5.33. The summed E-state index contributed by atoms with van der Waals surface area (Å²) < 4.78 is 0.574. The molecular formula is C12H15N3S. The lowest BCUT2D eigenvalue weighted by Gasteiger charge is -2.28. The molecule has 0 saturated carbocycles. The van der Waals surface area contributed by atoms with Crippen LogP contribution in [0.5, 0.6) is 0 Å². The lowest BCUT2D eigenvalue weighted by Crippen LogP contribution is -2.31. The van der Waals surface area contributed by atoms with Crippen LogP contribution in [0, 0.1) is 16.0 Å². The van der Waals surface area contributed by atoms with Gasteiger partial charge in [-0.3, -0.25) is 4.90 Å². The van der Waals surface area contributed by atoms with Crippen LogP contribution >= 0.6 is 12.2 Å². The number of hydrogen-bond acceptors (Lipinski definition) is 3. The summed E-state index contributed by atoms with van der Waals surface area (Å²) in [5, 5.41) is 8.94. The van der Waals surface area contributed by atoms with Crippen LogP contribution in [0.2, 0.25) is 0 Å². The van der Waals surface area contributed by atoms with E-state index < -0.39 is 0 Å². The fraction of sp³-hybridized carbons (Fsp3) is 0.500. The standard InChI is InChI=1S/C12H15N3S/c1-2-4-15-5-3-11-10(8-15)6-9(7-13)12(16)14-11/h6H,2-5,8H2,1H3,(H,14,16). The van der Waals surface area contributed by atoms with Crippen LogP contribution in [0.15, 0.2) is 6.07 Å². The third kappa shape index (κ3) is 2.16. The van der Waals surface area contributed by atoms with E-state index in [0.29, 0.717) is 10.2 Å². The van der Waals surface area contributed by atoms with Crippen LogP contribution in [-0.2, 0) is 13.0 Å². The average Bonchev–Trinajstić information content (AvgIpc) is 2.29. The molecule has 4 heteroatoms. The summed E-state index contributed by atoms with van der Waals surface area (Å²) in [5.74, 6) is 0. The highest BCUT2D eigenvalue weighted by Crippen LogP contribution is 2.18. The molecule has 3 nitrogen and oxygen atoms in total. The second-order valence-corrected chi connectivity index (χ2v) is 4.56. The molecule has 1 aliphatic heterocycles. The Morgan fingerprint density at radius 3 is 3.12 bits per heavy atom. The molecule has 2 heterocycles. The molecule has 0 unspecified atom stereocenters. The van der Waals surface area contributed by atoms with E-state index in [4.69, 9.17) is 17.5 Å². The molecule has 0 bridgehead atoms. The number of rotatable bonds is 2. The summed E-state index contributed by atoms with van der Waals surface area (Å²) >= 11 is 5.13. The maximum Gasteiger partial charge on any atom is 0.121 e. The Labute approximate surface area is 101 Å². The van der Waals surface area contributed by atoms with E-state index in [0.717, 1.165) is 26.1 Å². The van der Waals surface area contributed by atoms with E-state index in [2.05, 4.69) is 22.9 Å². The zero-order chi connectivity index (χ0) is 11.5. The van der Waals surface area contributed by atoms with Crippen molar-refractivity contribution in [2.45, 2.75) is 26.3 Å². The summed E-state index contributed by atoms with van der Waals surface area (Å²) in [7, 11) is 0. The zero-order valence-electron chi connectivity index (χ0n) is 9.42. The Hall–Kier alpha value is -1.18. The van der Waals surface area contributed by atoms with Crippen LogP contribution in [0.1, 0.15) is 30.2 Å². The number of nitrogens with one attached hydrogen (secondary N) is 1. The van der Waals surface area contributed by atoms with Gasteiger partial charge in [-0.25, -0.2) is 0 Å². The number of pyridine rings is 1. The number of nitriles is 1. The molecule has 16 heavy (non-hydrogen) atoms. The molecule has 84 valence electrons. The van der Waals surface area contributed by atoms with Crippen molar-refractivity contribution in [1.82, 2.24) is 9.88 Å². The van der Waals surface area contributed by atoms with Gasteiger partial charge in [-0.15, -0.1) is 0 Å². The van der Waals surface area contributed by atoms with Crippen molar-refractivity contribution in [2.24, 2.45) is 0 Å². The molecule has 0 radical (unpaired) electrons. The van der Waals surface area contributed by atoms with Crippen LogP contribution in [0.4, 0.5) is 0 Å². The monoisotopic (exact) mass is 233 g/mol. The van der Waals surface area contributed by atoms with Gasteiger partial charge in [0, 0.05) is 25.2 Å². The molecule has 0 spiro atoms. The SMILES string of the molecule is CCCN1CCc2[nH]c(=S)c(C#N)cc2C1. The highest BCUT2D eigenvalue weighted by Gasteiger charge is 2.16. The molecule has 1 N–H and O–H groups in total. The van der Waals surface area contributed by atoms with Gasteiger partial charge in [0.1, 0.15) is 10.7 Å². The molecule has 1 aromatic rings. The van der Waals surface area contributed by atoms with E-state index in [1.165, 1.54) is 17.7 Å². The highest BCUT2D eigenvalue weighted by molar-refractivity contribution is 7.71. The van der Waals surface area contributed by atoms with Gasteiger partial charge in [-0.1, -0.05) is 19.1 Å². The van der Waals surface area contributed by atoms with Crippen molar-refractivity contribution in [3.05, 3.63) is 27.5 Å². The molecule has 0 fully saturated rings. The first-order valence-electron chi connectivity index (χ1n) is 5.62. The van der Waals surface area contributed by atoms with E-state index >= 15 is 0 Å². The molecule has 1 aromatic heterocycles. The van der Waals surface area contributed by atoms with E-state index in [9.17, 15) is 0 Å². The first kappa shape index (κ1) is 11.3. The van der Waals surface area contributed by atoms with Gasteiger partial charge < -0.3 is 4.98 Å². The van der Waals surface area contributed by atoms with Crippen molar-refractivity contribution >= 4 is 12.2 Å². The fourth-order valence-electron chi connectivity index (χ4n) is 2.16. The Morgan fingerprint density at radius 2 is 2.44 bits per heavy atom. The summed E-state index contributed by atoms with van der Waals surface area (Å²) in [6.07, 6.45) is 2.17. The summed E-state index contributed by atoms with van der Waals surface area (Å²) in [4.78, 5) is 5.59. The Morgan fingerprint density at radius 1 is 1.62 bits per heavy atom. The lowest BCUT2D eigenvalue weighted by atomic mass is 10.0. The minimum absolute atomic E-state index is 0.574. The summed E-state index contributed by atoms with van der Waals surface area (Å²) in [6, 6.07) is 4.08. The van der Waals surface area contributed by atoms with Crippen LogP contribution in [0.3, 0.4) is 0 Å². The minimum Gasteiger partial charge on any atom is -0.349 e. The van der Waals surface area contributed by atoms with E-state index in [-0.39, 0.29) is 0 Å². The van der Waals surface area contributed by atoms with Gasteiger partial charge in [0.05, 0.1) is 5.56 Å². The quantitative estimate of drug-likeness (QED) is 0.798. The minimum atomic E-state index is 0.574. The number of fused-ring (bicyclic) bond motifs is 1. The van der Waals surface area contributed by atoms with Gasteiger partial charge in [-0.05, 0) is 24.6 Å². The Bertz CT molecular complexity index is 484. The van der Waals surface area contributed by atoms with Crippen LogP contribution in [0.25, 0.3) is 0 Å². The third-order valence-electron chi connectivity index (χ3n) is 2.95. The fourth-order valence-corrected chi connectivity index (χ4v) is 2.38. The third-order valence-corrected chi connectivity index (χ3v) is 3.27. The molecule has 1 aliphatic rings. The lowest BCUT2D eigenvalue weighted by molar-refractivity contribution is 0.252. The smallest absolute Gasteiger partial charge is 0.121 e. The maximum atomic E-state index is 8.94. The van der Waals surface area contributed by atoms with Crippen molar-refractivity contribution in [3.8, 4) is 6.07 Å². The van der Waals surface area contributed by atoms with Gasteiger partial charge in [0.2, 0.25) is 0 Å². The predicted molar refractivity (Wildman–Crippen MR) is 65.6 cm³/mol. The number of H-pyrrole nitrogens is 1. The number of aromatic amines is 1. The Balaban J connectivity index is 2.31. The van der Waals surface area contributed by atoms with Crippen LogP contribution in [-0.4, -0.2) is 23.0 Å². The normalized spacial score (nSPS) is 15.5. The molecule has 2 rings (SSSR count). The molecule has 0 aromatic carbocycles. The van der Waals surface area contributed by atoms with Crippen molar-refractivity contribution in [2.75, 3.05) is 13.1 Å². The predicted octanol–water partition coefficient (Wildman–Crippen LogP) is 2.38. The first-order valence-corrected chi connectivity index (χ1v) is 6.03. The first-order chi connectivity index (χ1) is 7.74. The van der Waals surface area contributed by atoms with Gasteiger partial charge in [-0.2, -0.15) is 5.26 Å². The van der Waals surface area contributed by atoms with E-state index in [1.807, 2.05) is 6.07 Å². The van der Waals surface area contributed by atoms with Crippen molar-refractivity contribution < 1.29 is 0 Å². The van der Waals surface area contributed by atoms with Crippen molar-refractivity contribution in [3.63, 3.8) is 0 Å². The summed E-state index contributed by atoms with van der Waals surface area (Å²) in [5.41, 5.74) is 3.02. The molecule has 0 amide bonds. The molecular weight excluding hydrogens is 218 g/mol. The number of nitrogens with zero attached hydrogens (tertiary/aromatic N) is 2.